The second-order valence-electron chi connectivity index (χ2n) is 4.89. The molecule has 0 fully saturated rings. The Bertz CT molecular complexity index is 673. The fourth-order valence-electron chi connectivity index (χ4n) is 1.91. The third-order valence-electron chi connectivity index (χ3n) is 3.12. The number of unbranched alkanes of at least 4 members (excludes halogenated alkanes) is 1. The van der Waals surface area contributed by atoms with E-state index in [-0.39, 0.29) is 30.0 Å². The third-order valence-corrected chi connectivity index (χ3v) is 3.54. The van der Waals surface area contributed by atoms with E-state index in [9.17, 15) is 9.59 Å². The molecule has 1 aromatic heterocycles. The molecule has 0 saturated carbocycles. The summed E-state index contributed by atoms with van der Waals surface area (Å²) in [4.78, 5) is 23.8. The van der Waals surface area contributed by atoms with Crippen LogP contribution in [0.3, 0.4) is 0 Å². The first-order valence-corrected chi connectivity index (χ1v) is 8.04. The Hall–Kier alpha value is -1.83. The number of nitrogens with two attached hydrogens (primary N) is 1. The predicted octanol–water partition coefficient (Wildman–Crippen LogP) is 3.18. The van der Waals surface area contributed by atoms with E-state index in [1.807, 2.05) is 0 Å². The van der Waals surface area contributed by atoms with Crippen LogP contribution in [0.25, 0.3) is 0 Å². The number of hydrogen-bond donors (Lipinski definition) is 3. The van der Waals surface area contributed by atoms with Crippen molar-refractivity contribution < 1.29 is 14.0 Å². The molecule has 4 N–H and O–H groups in total. The van der Waals surface area contributed by atoms with E-state index in [1.54, 1.807) is 36.4 Å². The van der Waals surface area contributed by atoms with E-state index in [4.69, 9.17) is 10.2 Å². The molecule has 0 aliphatic rings. The Morgan fingerprint density at radius 2 is 1.75 bits per heavy atom. The zero-order valence-electron chi connectivity index (χ0n) is 12.9. The van der Waals surface area contributed by atoms with Gasteiger partial charge in [0.1, 0.15) is 0 Å². The third kappa shape index (κ3) is 5.99. The molecule has 0 aliphatic carbocycles. The number of nitrogens with one attached hydrogen (secondary N) is 2. The molecule has 1 aromatic carbocycles. The lowest BCUT2D eigenvalue weighted by Crippen LogP contribution is -2.24. The monoisotopic (exact) mass is 415 g/mol. The molecule has 0 atom stereocenters. The molecule has 2 amide bonds. The van der Waals surface area contributed by atoms with Crippen molar-refractivity contribution in [3.05, 3.63) is 52.4 Å². The first kappa shape index (κ1) is 20.2. The summed E-state index contributed by atoms with van der Waals surface area (Å²) in [5.41, 5.74) is 6.52. The van der Waals surface area contributed by atoms with Crippen molar-refractivity contribution in [2.24, 2.45) is 5.73 Å². The Balaban J connectivity index is 0.00000288. The molecular formula is C16H19BrClN3O3. The minimum absolute atomic E-state index is 0. The smallest absolute Gasteiger partial charge is 0.291 e. The SMILES string of the molecule is Cl.NCCCCNC(=O)c1ccc(NC(=O)c2ccc(Br)o2)cc1. The molecule has 0 radical (unpaired) electrons. The normalized spacial score (nSPS) is 9.92. The molecule has 1 heterocycles. The number of carbonyl (C=O) groups excluding carboxylic acids is 2. The van der Waals surface area contributed by atoms with Gasteiger partial charge in [0.15, 0.2) is 10.4 Å². The summed E-state index contributed by atoms with van der Waals surface area (Å²) in [6, 6.07) is 9.88. The van der Waals surface area contributed by atoms with Crippen LogP contribution in [0.15, 0.2) is 45.5 Å². The quantitative estimate of drug-likeness (QED) is 0.604. The van der Waals surface area contributed by atoms with Gasteiger partial charge < -0.3 is 20.8 Å². The highest BCUT2D eigenvalue weighted by molar-refractivity contribution is 9.10. The van der Waals surface area contributed by atoms with Gasteiger partial charge in [0.2, 0.25) is 0 Å². The second kappa shape index (κ2) is 10.1. The number of halogens is 2. The van der Waals surface area contributed by atoms with Crippen molar-refractivity contribution in [1.29, 1.82) is 0 Å². The Kier molecular flexibility index (Phi) is 8.53. The maximum atomic E-state index is 11.9. The lowest BCUT2D eigenvalue weighted by Gasteiger charge is -2.06. The van der Waals surface area contributed by atoms with E-state index in [0.29, 0.717) is 29.0 Å². The number of benzene rings is 1. The summed E-state index contributed by atoms with van der Waals surface area (Å²) in [6.07, 6.45) is 1.74. The molecule has 0 saturated heterocycles. The Morgan fingerprint density at radius 1 is 1.04 bits per heavy atom. The van der Waals surface area contributed by atoms with Crippen LogP contribution in [-0.2, 0) is 0 Å². The molecular weight excluding hydrogens is 398 g/mol. The minimum atomic E-state index is -0.352. The lowest BCUT2D eigenvalue weighted by molar-refractivity contribution is 0.0952. The van der Waals surface area contributed by atoms with Gasteiger partial charge in [0.25, 0.3) is 11.8 Å². The summed E-state index contributed by atoms with van der Waals surface area (Å²) < 4.78 is 5.67. The molecule has 6 nitrogen and oxygen atoms in total. The van der Waals surface area contributed by atoms with Gasteiger partial charge in [-0.3, -0.25) is 9.59 Å². The van der Waals surface area contributed by atoms with Crippen LogP contribution in [0.4, 0.5) is 5.69 Å². The average molecular weight is 417 g/mol. The minimum Gasteiger partial charge on any atom is -0.444 e. The van der Waals surface area contributed by atoms with Crippen molar-refractivity contribution in [1.82, 2.24) is 5.32 Å². The van der Waals surface area contributed by atoms with Gasteiger partial charge in [-0.2, -0.15) is 0 Å². The number of rotatable bonds is 7. The van der Waals surface area contributed by atoms with Crippen molar-refractivity contribution in [2.75, 3.05) is 18.4 Å². The summed E-state index contributed by atoms with van der Waals surface area (Å²) in [5.74, 6) is -0.289. The van der Waals surface area contributed by atoms with Gasteiger partial charge in [0.05, 0.1) is 0 Å². The first-order valence-electron chi connectivity index (χ1n) is 7.25. The van der Waals surface area contributed by atoms with E-state index in [0.717, 1.165) is 12.8 Å². The van der Waals surface area contributed by atoms with Gasteiger partial charge in [-0.15, -0.1) is 12.4 Å². The first-order chi connectivity index (χ1) is 11.1. The highest BCUT2D eigenvalue weighted by Crippen LogP contribution is 2.16. The largest absolute Gasteiger partial charge is 0.444 e. The number of amides is 2. The fraction of sp³-hybridized carbons (Fsp3) is 0.250. The van der Waals surface area contributed by atoms with E-state index in [1.165, 1.54) is 0 Å². The van der Waals surface area contributed by atoms with E-state index in [2.05, 4.69) is 26.6 Å². The number of furan rings is 1. The van der Waals surface area contributed by atoms with Crippen molar-refractivity contribution in [3.8, 4) is 0 Å². The molecule has 24 heavy (non-hydrogen) atoms. The maximum absolute atomic E-state index is 11.9. The second-order valence-corrected chi connectivity index (χ2v) is 5.67. The van der Waals surface area contributed by atoms with E-state index >= 15 is 0 Å². The summed E-state index contributed by atoms with van der Waals surface area (Å²) in [5, 5.41) is 5.52. The molecule has 0 spiro atoms. The van der Waals surface area contributed by atoms with Crippen molar-refractivity contribution in [2.45, 2.75) is 12.8 Å². The molecule has 0 unspecified atom stereocenters. The zero-order chi connectivity index (χ0) is 16.7. The van der Waals surface area contributed by atoms with E-state index < -0.39 is 0 Å². The molecule has 130 valence electrons. The van der Waals surface area contributed by atoms with Gasteiger partial charge in [-0.1, -0.05) is 0 Å². The zero-order valence-corrected chi connectivity index (χ0v) is 15.3. The van der Waals surface area contributed by atoms with Gasteiger partial charge in [-0.25, -0.2) is 0 Å². The molecule has 2 rings (SSSR count). The Morgan fingerprint density at radius 3 is 2.33 bits per heavy atom. The summed E-state index contributed by atoms with van der Waals surface area (Å²) >= 11 is 3.14. The van der Waals surface area contributed by atoms with Crippen LogP contribution in [0, 0.1) is 0 Å². The lowest BCUT2D eigenvalue weighted by atomic mass is 10.2. The van der Waals surface area contributed by atoms with Crippen LogP contribution in [0.5, 0.6) is 0 Å². The molecule has 0 aliphatic heterocycles. The van der Waals surface area contributed by atoms with Gasteiger partial charge >= 0.3 is 0 Å². The molecule has 8 heteroatoms. The van der Waals surface area contributed by atoms with Gasteiger partial charge in [0, 0.05) is 17.8 Å². The number of anilines is 1. The van der Waals surface area contributed by atoms with Crippen LogP contribution < -0.4 is 16.4 Å². The maximum Gasteiger partial charge on any atom is 0.291 e. The highest BCUT2D eigenvalue weighted by Gasteiger charge is 2.11. The van der Waals surface area contributed by atoms with Crippen LogP contribution in [0.2, 0.25) is 0 Å². The molecule has 0 bridgehead atoms. The predicted molar refractivity (Wildman–Crippen MR) is 98.7 cm³/mol. The summed E-state index contributed by atoms with van der Waals surface area (Å²) in [7, 11) is 0. The van der Waals surface area contributed by atoms with Gasteiger partial charge in [-0.05, 0) is 71.7 Å². The fourth-order valence-corrected chi connectivity index (χ4v) is 2.21. The molecule has 2 aromatic rings. The average Bonchev–Trinajstić information content (AvgIpc) is 2.99. The number of hydrogen-bond acceptors (Lipinski definition) is 4. The Labute approximate surface area is 154 Å². The topological polar surface area (TPSA) is 97.4 Å². The van der Waals surface area contributed by atoms with Crippen molar-refractivity contribution in [3.63, 3.8) is 0 Å². The standard InChI is InChI=1S/C16H18BrN3O3.ClH/c17-14-8-7-13(23-14)16(22)20-12-5-3-11(4-6-12)15(21)19-10-2-1-9-18;/h3-8H,1-2,9-10,18H2,(H,19,21)(H,20,22);1H. The van der Waals surface area contributed by atoms with Crippen molar-refractivity contribution >= 4 is 45.8 Å². The highest BCUT2D eigenvalue weighted by atomic mass is 79.9. The summed E-state index contributed by atoms with van der Waals surface area (Å²) in [6.45, 7) is 1.22. The van der Waals surface area contributed by atoms with Crippen LogP contribution in [-0.4, -0.2) is 24.9 Å². The van der Waals surface area contributed by atoms with Crippen LogP contribution in [0.1, 0.15) is 33.8 Å². The number of carbonyl (C=O) groups is 2. The van der Waals surface area contributed by atoms with Crippen LogP contribution >= 0.6 is 28.3 Å².